The maximum Gasteiger partial charge on any atom is 0.414 e. The molecule has 36 heavy (non-hydrogen) atoms. The molecule has 1 heterocycles. The minimum atomic E-state index is -0.455. The number of nitrogens with one attached hydrogen (secondary N) is 2. The quantitative estimate of drug-likeness (QED) is 0.358. The van der Waals surface area contributed by atoms with Gasteiger partial charge in [-0.05, 0) is 62.3 Å². The van der Waals surface area contributed by atoms with Gasteiger partial charge in [-0.1, -0.05) is 40.0 Å². The number of amides is 3. The minimum Gasteiger partial charge on any atom is -0.497 e. The molecule has 200 valence electrons. The standard InChI is InChI=1S/C28H44N4O4/c1-7-18-36-28(34)32(24-12-14-25(35-6)15-13-24)20-23(8-2)29-22(5)26(19-21(3)4)30-27(33)31-16-10-9-11-17-31/h7,12-15,21,23,26,29H,1,5,8-11,16-20H2,2-4,6H3,(H,30,33)/t23-,26-/m0/s1. The zero-order chi connectivity index (χ0) is 26.5. The topological polar surface area (TPSA) is 83.1 Å². The van der Waals surface area contributed by atoms with Gasteiger partial charge in [0.1, 0.15) is 12.4 Å². The predicted molar refractivity (Wildman–Crippen MR) is 145 cm³/mol. The second kappa shape index (κ2) is 15.1. The SMILES string of the molecule is C=CCOC(=O)N(C[C@H](CC)NC(=C)[C@H](CC(C)C)NC(=O)N1CCCCC1)c1ccc(OC)cc1. The molecule has 0 radical (unpaired) electrons. The predicted octanol–water partition coefficient (Wildman–Crippen LogP) is 5.32. The third-order valence-electron chi connectivity index (χ3n) is 6.28. The van der Waals surface area contributed by atoms with Crippen molar-refractivity contribution in [2.75, 3.05) is 38.3 Å². The summed E-state index contributed by atoms with van der Waals surface area (Å²) in [5, 5.41) is 6.68. The number of carbonyl (C=O) groups is 2. The first kappa shape index (κ1) is 29.1. The maximum atomic E-state index is 12.9. The third-order valence-corrected chi connectivity index (χ3v) is 6.28. The summed E-state index contributed by atoms with van der Waals surface area (Å²) in [4.78, 5) is 29.3. The van der Waals surface area contributed by atoms with E-state index in [2.05, 4.69) is 44.6 Å². The van der Waals surface area contributed by atoms with Crippen molar-refractivity contribution >= 4 is 17.8 Å². The van der Waals surface area contributed by atoms with Crippen molar-refractivity contribution in [3.05, 3.63) is 49.2 Å². The van der Waals surface area contributed by atoms with Gasteiger partial charge >= 0.3 is 12.1 Å². The summed E-state index contributed by atoms with van der Waals surface area (Å²) in [7, 11) is 1.60. The fourth-order valence-corrected chi connectivity index (χ4v) is 4.21. The van der Waals surface area contributed by atoms with Gasteiger partial charge in [-0.2, -0.15) is 0 Å². The van der Waals surface area contributed by atoms with Crippen molar-refractivity contribution < 1.29 is 19.1 Å². The van der Waals surface area contributed by atoms with Gasteiger partial charge in [-0.3, -0.25) is 4.90 Å². The Morgan fingerprint density at radius 2 is 1.81 bits per heavy atom. The molecule has 8 nitrogen and oxygen atoms in total. The third kappa shape index (κ3) is 9.13. The average molecular weight is 501 g/mol. The number of anilines is 1. The van der Waals surface area contributed by atoms with Crippen LogP contribution in [0, 0.1) is 5.92 Å². The van der Waals surface area contributed by atoms with Crippen molar-refractivity contribution in [1.82, 2.24) is 15.5 Å². The minimum absolute atomic E-state index is 0.0378. The Kier molecular flexibility index (Phi) is 12.2. The molecule has 1 aromatic carbocycles. The smallest absolute Gasteiger partial charge is 0.414 e. The number of likely N-dealkylation sites (tertiary alicyclic amines) is 1. The van der Waals surface area contributed by atoms with E-state index in [0.717, 1.165) is 44.5 Å². The second-order valence-electron chi connectivity index (χ2n) is 9.63. The van der Waals surface area contributed by atoms with Crippen LogP contribution >= 0.6 is 0 Å². The fourth-order valence-electron chi connectivity index (χ4n) is 4.21. The van der Waals surface area contributed by atoms with E-state index in [1.165, 1.54) is 6.42 Å². The van der Waals surface area contributed by atoms with Crippen LogP contribution < -0.4 is 20.3 Å². The highest BCUT2D eigenvalue weighted by Gasteiger charge is 2.26. The van der Waals surface area contributed by atoms with Crippen molar-refractivity contribution in [2.45, 2.75) is 65.0 Å². The summed E-state index contributed by atoms with van der Waals surface area (Å²) in [5.74, 6) is 1.08. The van der Waals surface area contributed by atoms with Crippen LogP contribution in [0.3, 0.4) is 0 Å². The number of hydrogen-bond acceptors (Lipinski definition) is 5. The molecular weight excluding hydrogens is 456 g/mol. The van der Waals surface area contributed by atoms with E-state index >= 15 is 0 Å². The molecule has 0 aromatic heterocycles. The van der Waals surface area contributed by atoms with Crippen LogP contribution in [-0.2, 0) is 4.74 Å². The number of urea groups is 1. The highest BCUT2D eigenvalue weighted by atomic mass is 16.6. The van der Waals surface area contributed by atoms with Crippen molar-refractivity contribution in [2.24, 2.45) is 5.92 Å². The van der Waals surface area contributed by atoms with Crippen LogP contribution in [0.5, 0.6) is 5.75 Å². The van der Waals surface area contributed by atoms with E-state index in [9.17, 15) is 9.59 Å². The maximum absolute atomic E-state index is 12.9. The Bertz CT molecular complexity index is 850. The Labute approximate surface area is 216 Å². The van der Waals surface area contributed by atoms with Gasteiger partial charge in [0, 0.05) is 37.1 Å². The van der Waals surface area contributed by atoms with Gasteiger partial charge < -0.3 is 25.0 Å². The zero-order valence-corrected chi connectivity index (χ0v) is 22.4. The molecule has 1 aliphatic heterocycles. The lowest BCUT2D eigenvalue weighted by Crippen LogP contribution is -2.51. The number of benzene rings is 1. The lowest BCUT2D eigenvalue weighted by Gasteiger charge is -2.33. The van der Waals surface area contributed by atoms with Crippen LogP contribution in [0.25, 0.3) is 0 Å². The molecule has 3 amide bonds. The van der Waals surface area contributed by atoms with Crippen molar-refractivity contribution in [1.29, 1.82) is 0 Å². The summed E-state index contributed by atoms with van der Waals surface area (Å²) in [6, 6.07) is 6.93. The van der Waals surface area contributed by atoms with Gasteiger partial charge in [-0.25, -0.2) is 9.59 Å². The zero-order valence-electron chi connectivity index (χ0n) is 22.4. The molecule has 2 rings (SSSR count). The van der Waals surface area contributed by atoms with E-state index in [1.54, 1.807) is 18.1 Å². The Hall–Kier alpha value is -3.16. The monoisotopic (exact) mass is 500 g/mol. The summed E-state index contributed by atoms with van der Waals surface area (Å²) >= 11 is 0. The molecule has 1 aliphatic rings. The molecule has 1 saturated heterocycles. The molecule has 0 bridgehead atoms. The molecule has 1 aromatic rings. The van der Waals surface area contributed by atoms with Gasteiger partial charge in [0.15, 0.2) is 0 Å². The lowest BCUT2D eigenvalue weighted by atomic mass is 10.0. The highest BCUT2D eigenvalue weighted by Crippen LogP contribution is 2.21. The first-order valence-corrected chi connectivity index (χ1v) is 13.0. The van der Waals surface area contributed by atoms with E-state index in [0.29, 0.717) is 23.9 Å². The van der Waals surface area contributed by atoms with E-state index in [4.69, 9.17) is 9.47 Å². The molecule has 0 aliphatic carbocycles. The van der Waals surface area contributed by atoms with E-state index in [1.807, 2.05) is 29.2 Å². The molecule has 2 atom stereocenters. The molecular formula is C28H44N4O4. The van der Waals surface area contributed by atoms with Crippen LogP contribution in [0.1, 0.15) is 52.9 Å². The van der Waals surface area contributed by atoms with Gasteiger partial charge in [0.2, 0.25) is 0 Å². The number of ether oxygens (including phenoxy) is 2. The molecule has 8 heteroatoms. The van der Waals surface area contributed by atoms with E-state index in [-0.39, 0.29) is 24.7 Å². The fraction of sp³-hybridized carbons (Fsp3) is 0.571. The van der Waals surface area contributed by atoms with Crippen LogP contribution in [-0.4, -0.2) is 62.5 Å². The molecule has 0 spiro atoms. The number of methoxy groups -OCH3 is 1. The number of rotatable bonds is 13. The Morgan fingerprint density at radius 1 is 1.14 bits per heavy atom. The molecule has 1 fully saturated rings. The Balaban J connectivity index is 2.13. The largest absolute Gasteiger partial charge is 0.497 e. The van der Waals surface area contributed by atoms with Gasteiger partial charge in [-0.15, -0.1) is 0 Å². The first-order chi connectivity index (χ1) is 17.3. The second-order valence-corrected chi connectivity index (χ2v) is 9.63. The van der Waals surface area contributed by atoms with Gasteiger partial charge in [0.25, 0.3) is 0 Å². The summed E-state index contributed by atoms with van der Waals surface area (Å²) in [6.45, 7) is 16.3. The van der Waals surface area contributed by atoms with Crippen molar-refractivity contribution in [3.8, 4) is 5.75 Å². The normalized spacial score (nSPS) is 15.0. The highest BCUT2D eigenvalue weighted by molar-refractivity contribution is 5.87. The molecule has 2 N–H and O–H groups in total. The lowest BCUT2D eigenvalue weighted by molar-refractivity contribution is 0.165. The van der Waals surface area contributed by atoms with Gasteiger partial charge in [0.05, 0.1) is 13.2 Å². The summed E-state index contributed by atoms with van der Waals surface area (Å²) < 4.78 is 10.6. The molecule has 0 saturated carbocycles. The number of hydrogen-bond donors (Lipinski definition) is 2. The number of piperidine rings is 1. The average Bonchev–Trinajstić information content (AvgIpc) is 2.89. The molecule has 0 unspecified atom stereocenters. The van der Waals surface area contributed by atoms with Crippen LogP contribution in [0.15, 0.2) is 49.2 Å². The van der Waals surface area contributed by atoms with Crippen LogP contribution in [0.4, 0.5) is 15.3 Å². The number of nitrogens with zero attached hydrogens (tertiary/aromatic N) is 2. The Morgan fingerprint density at radius 3 is 2.36 bits per heavy atom. The van der Waals surface area contributed by atoms with Crippen molar-refractivity contribution in [3.63, 3.8) is 0 Å². The number of carbonyl (C=O) groups excluding carboxylic acids is 2. The van der Waals surface area contributed by atoms with Crippen LogP contribution in [0.2, 0.25) is 0 Å². The first-order valence-electron chi connectivity index (χ1n) is 13.0. The summed E-state index contributed by atoms with van der Waals surface area (Å²) in [6.07, 6.45) is 5.86. The summed E-state index contributed by atoms with van der Waals surface area (Å²) in [5.41, 5.74) is 1.45. The van der Waals surface area contributed by atoms with E-state index < -0.39 is 6.09 Å².